The Labute approximate surface area is 122 Å². The van der Waals surface area contributed by atoms with Crippen LogP contribution < -0.4 is 5.32 Å². The maximum atomic E-state index is 13.0. The number of rotatable bonds is 8. The normalized spacial score (nSPS) is 14.8. The Morgan fingerprint density at radius 1 is 1.25 bits per heavy atom. The summed E-state index contributed by atoms with van der Waals surface area (Å²) in [6.07, 6.45) is 1.30. The molecule has 1 rings (SSSR count). The fourth-order valence-electron chi connectivity index (χ4n) is 2.68. The first-order chi connectivity index (χ1) is 9.43. The van der Waals surface area contributed by atoms with Crippen LogP contribution in [0.4, 0.5) is 4.39 Å². The van der Waals surface area contributed by atoms with Gasteiger partial charge in [-0.2, -0.15) is 0 Å². The van der Waals surface area contributed by atoms with E-state index >= 15 is 0 Å². The zero-order valence-corrected chi connectivity index (χ0v) is 13.4. The summed E-state index contributed by atoms with van der Waals surface area (Å²) in [7, 11) is 2.15. The second-order valence-corrected chi connectivity index (χ2v) is 6.03. The van der Waals surface area contributed by atoms with Gasteiger partial charge >= 0.3 is 0 Å². The number of nitrogens with one attached hydrogen (secondary N) is 1. The van der Waals surface area contributed by atoms with Crippen LogP contribution in [-0.2, 0) is 0 Å². The largest absolute Gasteiger partial charge is 0.309 e. The van der Waals surface area contributed by atoms with Crippen LogP contribution in [0.5, 0.6) is 0 Å². The Kier molecular flexibility index (Phi) is 7.10. The monoisotopic (exact) mass is 281 g/mol. The molecule has 0 bridgehead atoms. The van der Waals surface area contributed by atoms with E-state index in [1.54, 1.807) is 6.07 Å². The average molecular weight is 281 g/mol. The molecule has 0 spiro atoms. The quantitative estimate of drug-likeness (QED) is 0.793. The van der Waals surface area contributed by atoms with Gasteiger partial charge in [-0.05, 0) is 37.6 Å². The lowest BCUT2D eigenvalue weighted by Crippen LogP contribution is -2.36. The fraction of sp³-hybridized carbons (Fsp3) is 0.688. The molecule has 0 radical (unpaired) electrons. The van der Waals surface area contributed by atoms with Crippen molar-refractivity contribution in [1.29, 1.82) is 0 Å². The van der Waals surface area contributed by atoms with Gasteiger partial charge < -0.3 is 10.2 Å². The molecule has 1 aromatic rings. The Hall–Kier alpha value is -1.00. The molecule has 1 heterocycles. The molecule has 0 aliphatic rings. The summed E-state index contributed by atoms with van der Waals surface area (Å²) in [6, 6.07) is 3.42. The van der Waals surface area contributed by atoms with Gasteiger partial charge in [0.25, 0.3) is 0 Å². The van der Waals surface area contributed by atoms with Crippen LogP contribution in [0.25, 0.3) is 0 Å². The van der Waals surface area contributed by atoms with Crippen LogP contribution in [0, 0.1) is 17.7 Å². The van der Waals surface area contributed by atoms with Crippen molar-refractivity contribution in [3.8, 4) is 0 Å². The predicted octanol–water partition coefficient (Wildman–Crippen LogP) is 3.10. The summed E-state index contributed by atoms with van der Waals surface area (Å²) in [4.78, 5) is 6.58. The molecule has 3 nitrogen and oxygen atoms in total. The van der Waals surface area contributed by atoms with E-state index < -0.39 is 0 Å². The van der Waals surface area contributed by atoms with E-state index in [1.165, 1.54) is 12.3 Å². The van der Waals surface area contributed by atoms with Crippen molar-refractivity contribution < 1.29 is 4.39 Å². The van der Waals surface area contributed by atoms with Gasteiger partial charge in [0.2, 0.25) is 0 Å². The third-order valence-corrected chi connectivity index (χ3v) is 3.34. The molecule has 1 N–H and O–H groups in total. The topological polar surface area (TPSA) is 28.2 Å². The summed E-state index contributed by atoms with van der Waals surface area (Å²) in [6.45, 7) is 11.7. The Morgan fingerprint density at radius 2 is 1.95 bits per heavy atom. The third-order valence-electron chi connectivity index (χ3n) is 3.34. The minimum atomic E-state index is -0.284. The fourth-order valence-corrected chi connectivity index (χ4v) is 2.68. The maximum absolute atomic E-state index is 13.0. The van der Waals surface area contributed by atoms with Crippen molar-refractivity contribution in [1.82, 2.24) is 15.2 Å². The van der Waals surface area contributed by atoms with Gasteiger partial charge in [0, 0.05) is 13.1 Å². The van der Waals surface area contributed by atoms with Crippen molar-refractivity contribution in [2.45, 2.75) is 33.7 Å². The van der Waals surface area contributed by atoms with Crippen molar-refractivity contribution >= 4 is 0 Å². The highest BCUT2D eigenvalue weighted by molar-refractivity contribution is 5.11. The van der Waals surface area contributed by atoms with Gasteiger partial charge in [0.1, 0.15) is 5.82 Å². The Morgan fingerprint density at radius 3 is 2.45 bits per heavy atom. The highest BCUT2D eigenvalue weighted by atomic mass is 19.1. The molecule has 114 valence electrons. The number of nitrogens with zero attached hydrogens (tertiary/aromatic N) is 2. The number of pyridine rings is 1. The summed E-state index contributed by atoms with van der Waals surface area (Å²) in [5.74, 6) is 0.791. The van der Waals surface area contributed by atoms with E-state index in [9.17, 15) is 4.39 Å². The first-order valence-corrected chi connectivity index (χ1v) is 7.47. The maximum Gasteiger partial charge on any atom is 0.141 e. The number of hydrogen-bond acceptors (Lipinski definition) is 3. The van der Waals surface area contributed by atoms with Crippen molar-refractivity contribution in [3.63, 3.8) is 0 Å². The lowest BCUT2D eigenvalue weighted by Gasteiger charge is -2.29. The molecule has 0 fully saturated rings. The molecule has 0 aliphatic carbocycles. The Bertz CT molecular complexity index is 378. The van der Waals surface area contributed by atoms with Gasteiger partial charge in [-0.1, -0.05) is 27.7 Å². The van der Waals surface area contributed by atoms with E-state index in [2.05, 4.69) is 49.9 Å². The molecular weight excluding hydrogens is 253 g/mol. The smallest absolute Gasteiger partial charge is 0.141 e. The summed E-state index contributed by atoms with van der Waals surface area (Å²) in [5.41, 5.74) is 0.915. The van der Waals surface area contributed by atoms with E-state index in [-0.39, 0.29) is 11.9 Å². The van der Waals surface area contributed by atoms with Crippen LogP contribution in [0.1, 0.15) is 39.4 Å². The van der Waals surface area contributed by atoms with Crippen molar-refractivity contribution in [3.05, 3.63) is 29.8 Å². The van der Waals surface area contributed by atoms with E-state index in [0.29, 0.717) is 11.8 Å². The number of hydrogen-bond donors (Lipinski definition) is 1. The standard InChI is InChI=1S/C16H28FN3/c1-6-18-16(15-8-7-14(17)9-19-15)13(4)11-20(5)10-12(2)3/h7-9,12-13,16,18H,6,10-11H2,1-5H3. The van der Waals surface area contributed by atoms with E-state index in [1.807, 2.05) is 0 Å². The van der Waals surface area contributed by atoms with Gasteiger partial charge in [0.05, 0.1) is 17.9 Å². The SMILES string of the molecule is CCNC(c1ccc(F)cn1)C(C)CN(C)CC(C)C. The first kappa shape index (κ1) is 17.1. The number of aromatic nitrogens is 1. The number of halogens is 1. The van der Waals surface area contributed by atoms with Crippen molar-refractivity contribution in [2.24, 2.45) is 11.8 Å². The second kappa shape index (κ2) is 8.32. The average Bonchev–Trinajstić information content (AvgIpc) is 2.36. The molecule has 0 aromatic carbocycles. The molecule has 0 saturated heterocycles. The predicted molar refractivity (Wildman–Crippen MR) is 82.1 cm³/mol. The van der Waals surface area contributed by atoms with Crippen LogP contribution in [0.2, 0.25) is 0 Å². The Balaban J connectivity index is 2.71. The molecule has 2 unspecified atom stereocenters. The van der Waals surface area contributed by atoms with Gasteiger partial charge in [-0.3, -0.25) is 4.98 Å². The molecule has 0 aliphatic heterocycles. The third kappa shape index (κ3) is 5.55. The first-order valence-electron chi connectivity index (χ1n) is 7.47. The molecular formula is C16H28FN3. The highest BCUT2D eigenvalue weighted by Crippen LogP contribution is 2.21. The molecule has 0 saturated carbocycles. The molecule has 2 atom stereocenters. The summed E-state index contributed by atoms with van der Waals surface area (Å²) < 4.78 is 13.0. The minimum absolute atomic E-state index is 0.162. The second-order valence-electron chi connectivity index (χ2n) is 6.03. The highest BCUT2D eigenvalue weighted by Gasteiger charge is 2.21. The zero-order valence-electron chi connectivity index (χ0n) is 13.4. The minimum Gasteiger partial charge on any atom is -0.309 e. The van der Waals surface area contributed by atoms with E-state index in [4.69, 9.17) is 0 Å². The zero-order chi connectivity index (χ0) is 15.1. The van der Waals surface area contributed by atoms with Crippen LogP contribution in [0.15, 0.2) is 18.3 Å². The van der Waals surface area contributed by atoms with E-state index in [0.717, 1.165) is 25.3 Å². The van der Waals surface area contributed by atoms with Gasteiger partial charge in [-0.25, -0.2) is 4.39 Å². The molecule has 0 amide bonds. The van der Waals surface area contributed by atoms with Crippen LogP contribution in [-0.4, -0.2) is 36.6 Å². The van der Waals surface area contributed by atoms with Crippen molar-refractivity contribution in [2.75, 3.05) is 26.7 Å². The molecule has 1 aromatic heterocycles. The van der Waals surface area contributed by atoms with Crippen LogP contribution in [0.3, 0.4) is 0 Å². The van der Waals surface area contributed by atoms with Gasteiger partial charge in [-0.15, -0.1) is 0 Å². The van der Waals surface area contributed by atoms with Crippen LogP contribution >= 0.6 is 0 Å². The van der Waals surface area contributed by atoms with Gasteiger partial charge in [0.15, 0.2) is 0 Å². The lowest BCUT2D eigenvalue weighted by atomic mass is 9.97. The summed E-state index contributed by atoms with van der Waals surface area (Å²) >= 11 is 0. The molecule has 4 heteroatoms. The molecule has 20 heavy (non-hydrogen) atoms. The summed E-state index contributed by atoms with van der Waals surface area (Å²) in [5, 5.41) is 3.47. The lowest BCUT2D eigenvalue weighted by molar-refractivity contribution is 0.226.